The van der Waals surface area contributed by atoms with E-state index in [2.05, 4.69) is 84.7 Å². The SMILES string of the molecule is Cc1ccc(-c2cc([C@H]3[C@@H](c4ccccc4)C[C@@H]4CC[C@H]3N4C)on2)cc1. The Morgan fingerprint density at radius 1 is 1.00 bits per heavy atom. The van der Waals surface area contributed by atoms with Crippen molar-refractivity contribution in [3.63, 3.8) is 0 Å². The number of aryl methyl sites for hydroxylation is 1. The van der Waals surface area contributed by atoms with Gasteiger partial charge in [-0.3, -0.25) is 4.90 Å². The Hall–Kier alpha value is -2.39. The van der Waals surface area contributed by atoms with Crippen LogP contribution in [-0.4, -0.2) is 29.2 Å². The molecule has 2 fully saturated rings. The van der Waals surface area contributed by atoms with E-state index in [4.69, 9.17) is 4.52 Å². The molecule has 2 bridgehead atoms. The molecule has 3 heteroatoms. The van der Waals surface area contributed by atoms with Crippen LogP contribution in [0.1, 0.15) is 48.0 Å². The van der Waals surface area contributed by atoms with Crippen molar-refractivity contribution < 1.29 is 4.52 Å². The molecule has 0 amide bonds. The topological polar surface area (TPSA) is 29.3 Å². The molecule has 0 spiro atoms. The van der Waals surface area contributed by atoms with Crippen LogP contribution < -0.4 is 0 Å². The maximum Gasteiger partial charge on any atom is 0.142 e. The van der Waals surface area contributed by atoms with Gasteiger partial charge in [0.1, 0.15) is 11.5 Å². The van der Waals surface area contributed by atoms with Gasteiger partial charge in [-0.1, -0.05) is 65.3 Å². The minimum Gasteiger partial charge on any atom is -0.360 e. The minimum absolute atomic E-state index is 0.364. The van der Waals surface area contributed by atoms with Gasteiger partial charge in [-0.05, 0) is 44.7 Å². The van der Waals surface area contributed by atoms with Gasteiger partial charge in [0.2, 0.25) is 0 Å². The number of likely N-dealkylation sites (N-methyl/N-ethyl adjacent to an activating group) is 1. The van der Waals surface area contributed by atoms with Crippen molar-refractivity contribution in [3.8, 4) is 11.3 Å². The molecule has 138 valence electrons. The van der Waals surface area contributed by atoms with E-state index in [-0.39, 0.29) is 0 Å². The Morgan fingerprint density at radius 2 is 1.78 bits per heavy atom. The Balaban J connectivity index is 1.53. The molecule has 2 saturated heterocycles. The first-order valence-corrected chi connectivity index (χ1v) is 10.0. The van der Waals surface area contributed by atoms with Crippen LogP contribution >= 0.6 is 0 Å². The maximum atomic E-state index is 5.96. The van der Waals surface area contributed by atoms with Crippen LogP contribution in [0.4, 0.5) is 0 Å². The summed E-state index contributed by atoms with van der Waals surface area (Å²) in [5.74, 6) is 1.90. The van der Waals surface area contributed by atoms with E-state index < -0.39 is 0 Å². The van der Waals surface area contributed by atoms with E-state index in [1.54, 1.807) is 0 Å². The molecule has 2 aliphatic rings. The molecular weight excluding hydrogens is 332 g/mol. The van der Waals surface area contributed by atoms with E-state index in [0.717, 1.165) is 17.0 Å². The summed E-state index contributed by atoms with van der Waals surface area (Å²) in [6.07, 6.45) is 3.73. The molecule has 5 rings (SSSR count). The largest absolute Gasteiger partial charge is 0.360 e. The highest BCUT2D eigenvalue weighted by atomic mass is 16.5. The normalized spacial score (nSPS) is 27.8. The van der Waals surface area contributed by atoms with Crippen molar-refractivity contribution in [2.75, 3.05) is 7.05 Å². The van der Waals surface area contributed by atoms with Crippen LogP contribution in [0.2, 0.25) is 0 Å². The first-order valence-electron chi connectivity index (χ1n) is 10.0. The zero-order valence-corrected chi connectivity index (χ0v) is 16.0. The molecule has 3 nitrogen and oxygen atoms in total. The van der Waals surface area contributed by atoms with Crippen LogP contribution in [0.15, 0.2) is 65.2 Å². The molecule has 0 aliphatic carbocycles. The number of aromatic nitrogens is 1. The Bertz CT molecular complexity index is 915. The van der Waals surface area contributed by atoms with Crippen molar-refractivity contribution in [2.24, 2.45) is 0 Å². The summed E-state index contributed by atoms with van der Waals surface area (Å²) in [6.45, 7) is 2.11. The third kappa shape index (κ3) is 2.90. The van der Waals surface area contributed by atoms with Gasteiger partial charge in [-0.15, -0.1) is 0 Å². The van der Waals surface area contributed by atoms with Crippen molar-refractivity contribution in [1.29, 1.82) is 0 Å². The molecular formula is C24H26N2O. The second-order valence-corrected chi connectivity index (χ2v) is 8.22. The van der Waals surface area contributed by atoms with Gasteiger partial charge in [0.05, 0.1) is 0 Å². The third-order valence-corrected chi connectivity index (χ3v) is 6.70. The monoisotopic (exact) mass is 358 g/mol. The number of fused-ring (bicyclic) bond motifs is 2. The lowest BCUT2D eigenvalue weighted by molar-refractivity contribution is 0.122. The highest BCUT2D eigenvalue weighted by molar-refractivity contribution is 5.59. The molecule has 0 radical (unpaired) electrons. The van der Waals surface area contributed by atoms with Crippen molar-refractivity contribution in [1.82, 2.24) is 10.1 Å². The van der Waals surface area contributed by atoms with E-state index in [0.29, 0.717) is 23.9 Å². The van der Waals surface area contributed by atoms with Gasteiger partial charge >= 0.3 is 0 Å². The lowest BCUT2D eigenvalue weighted by Gasteiger charge is -2.42. The number of benzene rings is 2. The van der Waals surface area contributed by atoms with Gasteiger partial charge in [0.25, 0.3) is 0 Å². The zero-order chi connectivity index (χ0) is 18.4. The van der Waals surface area contributed by atoms with Gasteiger partial charge < -0.3 is 4.52 Å². The number of rotatable bonds is 3. The van der Waals surface area contributed by atoms with Crippen LogP contribution in [0.25, 0.3) is 11.3 Å². The number of nitrogens with zero attached hydrogens (tertiary/aromatic N) is 2. The molecule has 2 aliphatic heterocycles. The summed E-state index contributed by atoms with van der Waals surface area (Å²) < 4.78 is 5.96. The number of hydrogen-bond donors (Lipinski definition) is 0. The van der Waals surface area contributed by atoms with Crippen molar-refractivity contribution in [2.45, 2.75) is 50.1 Å². The van der Waals surface area contributed by atoms with E-state index >= 15 is 0 Å². The fourth-order valence-corrected chi connectivity index (χ4v) is 5.20. The number of hydrogen-bond acceptors (Lipinski definition) is 3. The lowest BCUT2D eigenvalue weighted by Crippen LogP contribution is -2.44. The van der Waals surface area contributed by atoms with Crippen molar-refractivity contribution >= 4 is 0 Å². The highest BCUT2D eigenvalue weighted by Gasteiger charge is 2.48. The van der Waals surface area contributed by atoms with Crippen LogP contribution in [0.3, 0.4) is 0 Å². The maximum absolute atomic E-state index is 5.96. The third-order valence-electron chi connectivity index (χ3n) is 6.70. The molecule has 3 aromatic rings. The summed E-state index contributed by atoms with van der Waals surface area (Å²) in [6, 6.07) is 22.9. The predicted octanol–water partition coefficient (Wildman–Crippen LogP) is 5.38. The first kappa shape index (κ1) is 16.8. The van der Waals surface area contributed by atoms with Gasteiger partial charge in [-0.2, -0.15) is 0 Å². The Kier molecular flexibility index (Phi) is 4.13. The molecule has 4 atom stereocenters. The predicted molar refractivity (Wildman–Crippen MR) is 108 cm³/mol. The lowest BCUT2D eigenvalue weighted by atomic mass is 9.75. The average Bonchev–Trinajstić information content (AvgIpc) is 3.26. The van der Waals surface area contributed by atoms with Crippen molar-refractivity contribution in [3.05, 3.63) is 77.6 Å². The molecule has 0 saturated carbocycles. The Labute approximate surface area is 161 Å². The summed E-state index contributed by atoms with van der Waals surface area (Å²) in [4.78, 5) is 2.58. The smallest absolute Gasteiger partial charge is 0.142 e. The molecule has 3 heterocycles. The zero-order valence-electron chi connectivity index (χ0n) is 16.0. The minimum atomic E-state index is 0.364. The van der Waals surface area contributed by atoms with Crippen LogP contribution in [0.5, 0.6) is 0 Å². The average molecular weight is 358 g/mol. The molecule has 0 unspecified atom stereocenters. The van der Waals surface area contributed by atoms with Crippen LogP contribution in [0, 0.1) is 6.92 Å². The first-order chi connectivity index (χ1) is 13.2. The van der Waals surface area contributed by atoms with E-state index in [1.807, 2.05) is 0 Å². The summed E-state index contributed by atoms with van der Waals surface area (Å²) in [5, 5.41) is 4.43. The highest BCUT2D eigenvalue weighted by Crippen LogP contribution is 2.51. The second kappa shape index (κ2) is 6.65. The molecule has 0 N–H and O–H groups in total. The summed E-state index contributed by atoms with van der Waals surface area (Å²) >= 11 is 0. The van der Waals surface area contributed by atoms with Crippen LogP contribution in [-0.2, 0) is 0 Å². The number of piperidine rings is 1. The van der Waals surface area contributed by atoms with E-state index in [9.17, 15) is 0 Å². The standard InChI is InChI=1S/C24H26N2O/c1-16-8-10-18(11-9-16)21-15-23(27-25-21)24-20(17-6-4-3-5-7-17)14-19-12-13-22(24)26(19)2/h3-11,15,19-20,22,24H,12-14H2,1-2H3/t19-,20+,22+,24-/m0/s1. The molecule has 1 aromatic heterocycles. The van der Waals surface area contributed by atoms with Gasteiger partial charge in [-0.25, -0.2) is 0 Å². The van der Waals surface area contributed by atoms with Gasteiger partial charge in [0.15, 0.2) is 0 Å². The quantitative estimate of drug-likeness (QED) is 0.629. The molecule has 27 heavy (non-hydrogen) atoms. The summed E-state index contributed by atoms with van der Waals surface area (Å²) in [5.41, 5.74) is 4.76. The Morgan fingerprint density at radius 3 is 2.56 bits per heavy atom. The second-order valence-electron chi connectivity index (χ2n) is 8.22. The fourth-order valence-electron chi connectivity index (χ4n) is 5.20. The molecule has 2 aromatic carbocycles. The fraction of sp³-hybridized carbons (Fsp3) is 0.375. The summed E-state index contributed by atoms with van der Waals surface area (Å²) in [7, 11) is 2.29. The van der Waals surface area contributed by atoms with Gasteiger partial charge in [0, 0.05) is 29.6 Å². The van der Waals surface area contributed by atoms with E-state index in [1.165, 1.54) is 30.4 Å².